The van der Waals surface area contributed by atoms with Crippen LogP contribution in [0.2, 0.25) is 0 Å². The lowest BCUT2D eigenvalue weighted by molar-refractivity contribution is 0.254. The lowest BCUT2D eigenvalue weighted by atomic mass is 10.1. The summed E-state index contributed by atoms with van der Waals surface area (Å²) < 4.78 is 13.7. The predicted octanol–water partition coefficient (Wildman–Crippen LogP) is 3.16. The van der Waals surface area contributed by atoms with Gasteiger partial charge in [-0.15, -0.1) is 0 Å². The Labute approximate surface area is 188 Å². The second kappa shape index (κ2) is 9.72. The van der Waals surface area contributed by atoms with Crippen molar-refractivity contribution < 1.29 is 9.47 Å². The second-order valence-electron chi connectivity index (χ2n) is 7.78. The third-order valence-electron chi connectivity index (χ3n) is 5.39. The molecule has 1 atom stereocenters. The zero-order chi connectivity index (χ0) is 22.5. The molecule has 3 aromatic rings. The van der Waals surface area contributed by atoms with Crippen LogP contribution < -0.4 is 20.1 Å². The van der Waals surface area contributed by atoms with E-state index in [0.717, 1.165) is 40.7 Å². The Bertz CT molecular complexity index is 1090. The van der Waals surface area contributed by atoms with E-state index in [9.17, 15) is 0 Å². The van der Waals surface area contributed by atoms with Crippen LogP contribution in [0, 0.1) is 6.92 Å². The highest BCUT2D eigenvalue weighted by Gasteiger charge is 2.22. The van der Waals surface area contributed by atoms with E-state index in [0.29, 0.717) is 25.7 Å². The third-order valence-corrected chi connectivity index (χ3v) is 5.39. The van der Waals surface area contributed by atoms with Gasteiger partial charge in [0.2, 0.25) is 0 Å². The molecule has 0 aliphatic carbocycles. The number of benzene rings is 1. The van der Waals surface area contributed by atoms with Gasteiger partial charge in [-0.1, -0.05) is 6.07 Å². The van der Waals surface area contributed by atoms with Crippen LogP contribution in [0.15, 0.2) is 47.8 Å². The molecule has 1 unspecified atom stereocenters. The fourth-order valence-electron chi connectivity index (χ4n) is 3.78. The monoisotopic (exact) mass is 434 g/mol. The molecule has 0 bridgehead atoms. The maximum atomic E-state index is 5.92. The van der Waals surface area contributed by atoms with Crippen LogP contribution in [-0.2, 0) is 19.5 Å². The lowest BCUT2D eigenvalue weighted by Crippen LogP contribution is -2.36. The molecule has 0 amide bonds. The number of fused-ring (bicyclic) bond motifs is 1. The van der Waals surface area contributed by atoms with Crippen molar-refractivity contribution in [2.75, 3.05) is 13.7 Å². The summed E-state index contributed by atoms with van der Waals surface area (Å²) in [7, 11) is 1.76. The molecule has 0 fully saturated rings. The summed E-state index contributed by atoms with van der Waals surface area (Å²) in [6.07, 6.45) is 6.66. The van der Waals surface area contributed by atoms with Gasteiger partial charge in [0.15, 0.2) is 5.96 Å². The van der Waals surface area contributed by atoms with Gasteiger partial charge in [0.05, 0.1) is 6.61 Å². The summed E-state index contributed by atoms with van der Waals surface area (Å²) in [6, 6.07) is 8.21. The number of hydrogen-bond donors (Lipinski definition) is 2. The summed E-state index contributed by atoms with van der Waals surface area (Å²) in [5.41, 5.74) is 3.31. The number of nitrogens with zero attached hydrogens (tertiary/aromatic N) is 4. The van der Waals surface area contributed by atoms with E-state index in [1.807, 2.05) is 42.9 Å². The van der Waals surface area contributed by atoms with E-state index in [1.54, 1.807) is 13.2 Å². The van der Waals surface area contributed by atoms with E-state index in [2.05, 4.69) is 44.7 Å². The molecule has 8 heteroatoms. The minimum absolute atomic E-state index is 0.204. The molecule has 0 saturated heterocycles. The van der Waals surface area contributed by atoms with Crippen molar-refractivity contribution in [3.8, 4) is 17.3 Å². The van der Waals surface area contributed by atoms with Gasteiger partial charge >= 0.3 is 0 Å². The minimum Gasteiger partial charge on any atom is -0.494 e. The van der Waals surface area contributed by atoms with Crippen LogP contribution in [0.4, 0.5) is 0 Å². The van der Waals surface area contributed by atoms with E-state index in [-0.39, 0.29) is 6.10 Å². The molecule has 1 aliphatic heterocycles. The quantitative estimate of drug-likeness (QED) is 0.439. The standard InChI is InChI=1S/C24H30N6O2/c1-5-31-21-11-19-10-16(2)32-22(19)12-20(21)15-29-24(25-4)28-14-18-6-7-23(27-13-18)30-9-8-26-17(30)3/h6-9,11-13,16H,5,10,14-15H2,1-4H3,(H2,25,28,29). The van der Waals surface area contributed by atoms with Crippen LogP contribution in [0.3, 0.4) is 0 Å². The average molecular weight is 435 g/mol. The van der Waals surface area contributed by atoms with Crippen LogP contribution >= 0.6 is 0 Å². The van der Waals surface area contributed by atoms with E-state index < -0.39 is 0 Å². The fraction of sp³-hybridized carbons (Fsp3) is 0.375. The number of nitrogens with one attached hydrogen (secondary N) is 2. The topological polar surface area (TPSA) is 85.6 Å². The van der Waals surface area contributed by atoms with Gasteiger partial charge in [0.25, 0.3) is 0 Å². The van der Waals surface area contributed by atoms with Crippen molar-refractivity contribution in [3.63, 3.8) is 0 Å². The first-order valence-corrected chi connectivity index (χ1v) is 10.9. The second-order valence-corrected chi connectivity index (χ2v) is 7.78. The summed E-state index contributed by atoms with van der Waals surface area (Å²) in [5, 5.41) is 6.71. The van der Waals surface area contributed by atoms with Crippen LogP contribution in [0.1, 0.15) is 36.4 Å². The number of hydrogen-bond acceptors (Lipinski definition) is 5. The van der Waals surface area contributed by atoms with Crippen molar-refractivity contribution in [2.45, 2.75) is 46.4 Å². The van der Waals surface area contributed by atoms with E-state index >= 15 is 0 Å². The molecule has 32 heavy (non-hydrogen) atoms. The van der Waals surface area contributed by atoms with Crippen LogP contribution in [0.25, 0.3) is 5.82 Å². The molecule has 4 rings (SSSR count). The molecule has 2 N–H and O–H groups in total. The molecule has 0 radical (unpaired) electrons. The lowest BCUT2D eigenvalue weighted by Gasteiger charge is -2.16. The molecule has 1 aromatic carbocycles. The van der Waals surface area contributed by atoms with Crippen molar-refractivity contribution in [1.82, 2.24) is 25.2 Å². The van der Waals surface area contributed by atoms with Gasteiger partial charge < -0.3 is 20.1 Å². The number of pyridine rings is 1. The normalized spacial score (nSPS) is 15.2. The smallest absolute Gasteiger partial charge is 0.191 e. The van der Waals surface area contributed by atoms with Gasteiger partial charge in [0.1, 0.15) is 29.2 Å². The predicted molar refractivity (Wildman–Crippen MR) is 125 cm³/mol. The van der Waals surface area contributed by atoms with Crippen LogP contribution in [-0.4, -0.2) is 40.3 Å². The molecule has 3 heterocycles. The number of aliphatic imine (C=N–C) groups is 1. The fourth-order valence-corrected chi connectivity index (χ4v) is 3.78. The molecule has 8 nitrogen and oxygen atoms in total. The number of rotatable bonds is 7. The van der Waals surface area contributed by atoms with Gasteiger partial charge in [-0.25, -0.2) is 9.97 Å². The first kappa shape index (κ1) is 21.7. The third kappa shape index (κ3) is 4.85. The van der Waals surface area contributed by atoms with E-state index in [4.69, 9.17) is 9.47 Å². The Balaban J connectivity index is 1.37. The maximum absolute atomic E-state index is 5.92. The number of imidazole rings is 1. The highest BCUT2D eigenvalue weighted by molar-refractivity contribution is 5.79. The summed E-state index contributed by atoms with van der Waals surface area (Å²) >= 11 is 0. The van der Waals surface area contributed by atoms with Crippen molar-refractivity contribution >= 4 is 5.96 Å². The molecule has 168 valence electrons. The van der Waals surface area contributed by atoms with Gasteiger partial charge in [-0.05, 0) is 44.5 Å². The Hall–Kier alpha value is -3.55. The number of aromatic nitrogens is 3. The van der Waals surface area contributed by atoms with Gasteiger partial charge in [-0.2, -0.15) is 0 Å². The van der Waals surface area contributed by atoms with Gasteiger partial charge in [0, 0.05) is 56.3 Å². The van der Waals surface area contributed by atoms with Crippen molar-refractivity contribution in [1.29, 1.82) is 0 Å². The highest BCUT2D eigenvalue weighted by Crippen LogP contribution is 2.35. The van der Waals surface area contributed by atoms with Crippen LogP contribution in [0.5, 0.6) is 11.5 Å². The highest BCUT2D eigenvalue weighted by atomic mass is 16.5. The van der Waals surface area contributed by atoms with Crippen molar-refractivity contribution in [3.05, 3.63) is 65.4 Å². The number of aryl methyl sites for hydroxylation is 1. The maximum Gasteiger partial charge on any atom is 0.191 e. The average Bonchev–Trinajstić information content (AvgIpc) is 3.38. The largest absolute Gasteiger partial charge is 0.494 e. The summed E-state index contributed by atoms with van der Waals surface area (Å²) in [6.45, 7) is 7.85. The molecule has 0 saturated carbocycles. The summed E-state index contributed by atoms with van der Waals surface area (Å²) in [4.78, 5) is 13.1. The Morgan fingerprint density at radius 3 is 2.78 bits per heavy atom. The molecular weight excluding hydrogens is 404 g/mol. The first-order valence-electron chi connectivity index (χ1n) is 10.9. The summed E-state index contributed by atoms with van der Waals surface area (Å²) in [5.74, 6) is 4.30. The number of guanidine groups is 1. The molecule has 1 aliphatic rings. The zero-order valence-corrected chi connectivity index (χ0v) is 19.1. The first-order chi connectivity index (χ1) is 15.6. The number of ether oxygens (including phenoxy) is 2. The molecule has 2 aromatic heterocycles. The zero-order valence-electron chi connectivity index (χ0n) is 19.1. The van der Waals surface area contributed by atoms with Crippen molar-refractivity contribution in [2.24, 2.45) is 4.99 Å². The van der Waals surface area contributed by atoms with Gasteiger partial charge in [-0.3, -0.25) is 9.56 Å². The minimum atomic E-state index is 0.204. The Kier molecular flexibility index (Phi) is 6.58. The molecule has 0 spiro atoms. The Morgan fingerprint density at radius 1 is 1.25 bits per heavy atom. The molecular formula is C24H30N6O2. The SMILES string of the molecule is CCOc1cc2c(cc1CNC(=NC)NCc1ccc(-n3ccnc3C)nc1)OC(C)C2. The van der Waals surface area contributed by atoms with E-state index in [1.165, 1.54) is 5.56 Å². The Morgan fingerprint density at radius 2 is 2.09 bits per heavy atom.